The lowest BCUT2D eigenvalue weighted by Gasteiger charge is -2.44. The molecule has 1 aliphatic rings. The number of aromatic nitrogens is 3. The summed E-state index contributed by atoms with van der Waals surface area (Å²) in [5.74, 6) is 0.559. The molecule has 19 heavy (non-hydrogen) atoms. The minimum Gasteiger partial charge on any atom is -0.384 e. The number of aryl methyl sites for hydroxylation is 1. The quantitative estimate of drug-likeness (QED) is 0.931. The topological polar surface area (TPSA) is 60.2 Å². The molecule has 1 N–H and O–H groups in total. The average Bonchev–Trinajstić information content (AvgIpc) is 2.74. The normalized spacial score (nSPS) is 18.9. The number of aliphatic hydroxyl groups is 1. The Bertz CT molecular complexity index is 595. The fourth-order valence-electron chi connectivity index (χ4n) is 2.39. The van der Waals surface area contributed by atoms with Gasteiger partial charge in [-0.1, -0.05) is 28.1 Å². The summed E-state index contributed by atoms with van der Waals surface area (Å²) in [6, 6.07) is 7.95. The minimum absolute atomic E-state index is 0.440. The number of hydrogen-bond donors (Lipinski definition) is 1. The Balaban J connectivity index is 2.02. The fourth-order valence-corrected chi connectivity index (χ4v) is 2.79. The maximum atomic E-state index is 10.7. The van der Waals surface area contributed by atoms with Crippen molar-refractivity contribution in [3.63, 3.8) is 0 Å². The molecule has 1 aromatic heterocycles. The lowest BCUT2D eigenvalue weighted by molar-refractivity contribution is -0.124. The van der Waals surface area contributed by atoms with Gasteiger partial charge in [0, 0.05) is 11.5 Å². The van der Waals surface area contributed by atoms with Crippen molar-refractivity contribution in [3.05, 3.63) is 46.5 Å². The summed E-state index contributed by atoms with van der Waals surface area (Å²) in [6.07, 6.45) is 0.857. The van der Waals surface area contributed by atoms with E-state index in [4.69, 9.17) is 4.74 Å². The van der Waals surface area contributed by atoms with Gasteiger partial charge in [0.1, 0.15) is 12.4 Å². The van der Waals surface area contributed by atoms with Crippen molar-refractivity contribution in [1.82, 2.24) is 14.8 Å². The molecule has 2 heterocycles. The van der Waals surface area contributed by atoms with E-state index in [2.05, 4.69) is 26.1 Å². The first kappa shape index (κ1) is 12.8. The third kappa shape index (κ3) is 2.00. The van der Waals surface area contributed by atoms with Crippen LogP contribution in [0.3, 0.4) is 0 Å². The largest absolute Gasteiger partial charge is 0.384 e. The standard InChI is InChI=1S/C13H14BrN3O2/c1-17-8-15-16-12(17)11(18)13(6-19-7-13)9-3-2-4-10(14)5-9/h2-5,8,11,18H,6-7H2,1H3/t11-/m1/s1. The van der Waals surface area contributed by atoms with Crippen molar-refractivity contribution >= 4 is 15.9 Å². The van der Waals surface area contributed by atoms with E-state index in [1.54, 1.807) is 10.9 Å². The molecule has 1 aromatic carbocycles. The molecule has 0 saturated carbocycles. The van der Waals surface area contributed by atoms with Gasteiger partial charge in [-0.2, -0.15) is 0 Å². The van der Waals surface area contributed by atoms with Crippen LogP contribution in [0, 0.1) is 0 Å². The maximum absolute atomic E-state index is 10.7. The zero-order valence-corrected chi connectivity index (χ0v) is 12.0. The van der Waals surface area contributed by atoms with Crippen LogP contribution in [0.2, 0.25) is 0 Å². The summed E-state index contributed by atoms with van der Waals surface area (Å²) >= 11 is 3.46. The number of aliphatic hydroxyl groups excluding tert-OH is 1. The lowest BCUT2D eigenvalue weighted by atomic mass is 9.73. The van der Waals surface area contributed by atoms with Crippen molar-refractivity contribution in [2.24, 2.45) is 7.05 Å². The highest BCUT2D eigenvalue weighted by atomic mass is 79.9. The van der Waals surface area contributed by atoms with E-state index in [9.17, 15) is 5.11 Å². The van der Waals surface area contributed by atoms with Crippen LogP contribution in [-0.2, 0) is 17.2 Å². The second-order valence-corrected chi connectivity index (χ2v) is 5.78. The molecule has 3 rings (SSSR count). The number of rotatable bonds is 3. The molecule has 6 heteroatoms. The van der Waals surface area contributed by atoms with Crippen molar-refractivity contribution in [2.45, 2.75) is 11.5 Å². The molecule has 5 nitrogen and oxygen atoms in total. The Hall–Kier alpha value is -1.24. The summed E-state index contributed by atoms with van der Waals surface area (Å²) in [4.78, 5) is 0. The van der Waals surface area contributed by atoms with E-state index < -0.39 is 11.5 Å². The fraction of sp³-hybridized carbons (Fsp3) is 0.385. The molecule has 0 bridgehead atoms. The third-order valence-corrected chi connectivity index (χ3v) is 4.13. The first-order valence-corrected chi connectivity index (χ1v) is 6.78. The van der Waals surface area contributed by atoms with E-state index in [0.29, 0.717) is 19.0 Å². The first-order valence-electron chi connectivity index (χ1n) is 5.99. The number of hydrogen-bond acceptors (Lipinski definition) is 4. The maximum Gasteiger partial charge on any atom is 0.162 e. The smallest absolute Gasteiger partial charge is 0.162 e. The molecule has 1 fully saturated rings. The van der Waals surface area contributed by atoms with Crippen LogP contribution in [-0.4, -0.2) is 33.1 Å². The van der Waals surface area contributed by atoms with E-state index in [0.717, 1.165) is 10.0 Å². The first-order chi connectivity index (χ1) is 9.13. The molecule has 1 atom stereocenters. The molecular weight excluding hydrogens is 310 g/mol. The highest BCUT2D eigenvalue weighted by Gasteiger charge is 2.49. The van der Waals surface area contributed by atoms with Gasteiger partial charge in [-0.15, -0.1) is 10.2 Å². The SMILES string of the molecule is Cn1cnnc1[C@@H](O)C1(c2cccc(Br)c2)COC1. The van der Waals surface area contributed by atoms with Crippen molar-refractivity contribution in [3.8, 4) is 0 Å². The van der Waals surface area contributed by atoms with Crippen LogP contribution in [0.1, 0.15) is 17.5 Å². The summed E-state index contributed by atoms with van der Waals surface area (Å²) in [7, 11) is 1.83. The number of ether oxygens (including phenoxy) is 1. The molecule has 1 aliphatic heterocycles. The van der Waals surface area contributed by atoms with Gasteiger partial charge in [-0.25, -0.2) is 0 Å². The molecule has 0 unspecified atom stereocenters. The molecule has 1 saturated heterocycles. The molecule has 0 amide bonds. The highest BCUT2D eigenvalue weighted by molar-refractivity contribution is 9.10. The van der Waals surface area contributed by atoms with Gasteiger partial charge in [-0.05, 0) is 17.7 Å². The summed E-state index contributed by atoms with van der Waals surface area (Å²) in [5, 5.41) is 18.5. The van der Waals surface area contributed by atoms with E-state index in [1.165, 1.54) is 0 Å². The van der Waals surface area contributed by atoms with Crippen molar-refractivity contribution < 1.29 is 9.84 Å². The van der Waals surface area contributed by atoms with Crippen LogP contribution in [0.5, 0.6) is 0 Å². The monoisotopic (exact) mass is 323 g/mol. The Morgan fingerprint density at radius 3 is 2.79 bits per heavy atom. The van der Waals surface area contributed by atoms with Crippen LogP contribution in [0.4, 0.5) is 0 Å². The molecule has 100 valence electrons. The van der Waals surface area contributed by atoms with Gasteiger partial charge in [0.15, 0.2) is 5.82 Å². The van der Waals surface area contributed by atoms with Crippen molar-refractivity contribution in [1.29, 1.82) is 0 Å². The van der Waals surface area contributed by atoms with Gasteiger partial charge in [0.2, 0.25) is 0 Å². The van der Waals surface area contributed by atoms with Crippen LogP contribution in [0.15, 0.2) is 35.1 Å². The zero-order chi connectivity index (χ0) is 13.5. The Labute approximate surface area is 119 Å². The Kier molecular flexibility index (Phi) is 3.16. The molecule has 0 aliphatic carbocycles. The predicted molar refractivity (Wildman–Crippen MR) is 72.6 cm³/mol. The molecule has 2 aromatic rings. The lowest BCUT2D eigenvalue weighted by Crippen LogP contribution is -2.51. The van der Waals surface area contributed by atoms with Gasteiger partial charge in [-0.3, -0.25) is 0 Å². The van der Waals surface area contributed by atoms with Crippen LogP contribution in [0.25, 0.3) is 0 Å². The van der Waals surface area contributed by atoms with E-state index in [-0.39, 0.29) is 0 Å². The number of halogens is 1. The summed E-state index contributed by atoms with van der Waals surface area (Å²) < 4.78 is 8.09. The predicted octanol–water partition coefficient (Wildman–Crippen LogP) is 1.58. The van der Waals surface area contributed by atoms with Gasteiger partial charge in [0.25, 0.3) is 0 Å². The van der Waals surface area contributed by atoms with E-state index >= 15 is 0 Å². The van der Waals surface area contributed by atoms with E-state index in [1.807, 2.05) is 31.3 Å². The van der Waals surface area contributed by atoms with Gasteiger partial charge in [0.05, 0.1) is 18.6 Å². The van der Waals surface area contributed by atoms with Crippen LogP contribution < -0.4 is 0 Å². The highest BCUT2D eigenvalue weighted by Crippen LogP contribution is 2.43. The van der Waals surface area contributed by atoms with Crippen molar-refractivity contribution in [2.75, 3.05) is 13.2 Å². The minimum atomic E-state index is -0.733. The second kappa shape index (κ2) is 4.70. The third-order valence-electron chi connectivity index (χ3n) is 3.63. The summed E-state index contributed by atoms with van der Waals surface area (Å²) in [6.45, 7) is 0.967. The summed E-state index contributed by atoms with van der Waals surface area (Å²) in [5.41, 5.74) is 0.605. The second-order valence-electron chi connectivity index (χ2n) is 4.86. The Morgan fingerprint density at radius 1 is 1.47 bits per heavy atom. The molecular formula is C13H14BrN3O2. The molecule has 0 radical (unpaired) electrons. The van der Waals surface area contributed by atoms with Crippen LogP contribution >= 0.6 is 15.9 Å². The average molecular weight is 324 g/mol. The number of nitrogens with zero attached hydrogens (tertiary/aromatic N) is 3. The van der Waals surface area contributed by atoms with Gasteiger partial charge < -0.3 is 14.4 Å². The zero-order valence-electron chi connectivity index (χ0n) is 10.5. The molecule has 0 spiro atoms. The Morgan fingerprint density at radius 2 is 2.26 bits per heavy atom. The number of benzene rings is 1. The van der Waals surface area contributed by atoms with Gasteiger partial charge >= 0.3 is 0 Å².